The van der Waals surface area contributed by atoms with Crippen LogP contribution in [0.25, 0.3) is 0 Å². The Bertz CT molecular complexity index is 1370. The fourth-order valence-corrected chi connectivity index (χ4v) is 4.73. The molecule has 1 aliphatic rings. The molecule has 1 aliphatic heterocycles. The highest BCUT2D eigenvalue weighted by Crippen LogP contribution is 2.41. The molecule has 33 heavy (non-hydrogen) atoms. The molecule has 0 saturated carbocycles. The average Bonchev–Trinajstić information content (AvgIpc) is 3.00. The van der Waals surface area contributed by atoms with Gasteiger partial charge in [0.25, 0.3) is 5.91 Å². The van der Waals surface area contributed by atoms with E-state index in [0.717, 1.165) is 37.9 Å². The van der Waals surface area contributed by atoms with Crippen LogP contribution in [0.2, 0.25) is 5.02 Å². The fraction of sp³-hybridized carbons (Fsp3) is 0.0370. The van der Waals surface area contributed by atoms with Crippen molar-refractivity contribution in [3.05, 3.63) is 124 Å². The molecule has 0 atom stereocenters. The van der Waals surface area contributed by atoms with Gasteiger partial charge in [0.15, 0.2) is 0 Å². The molecular weight excluding hydrogens is 455 g/mol. The average molecular weight is 473 g/mol. The number of nitrogens with zero attached hydrogens (tertiary/aromatic N) is 1. The summed E-state index contributed by atoms with van der Waals surface area (Å²) in [5.41, 5.74) is 4.89. The van der Waals surface area contributed by atoms with E-state index >= 15 is 0 Å². The monoisotopic (exact) mass is 472 g/mol. The lowest BCUT2D eigenvalue weighted by Crippen LogP contribution is -2.22. The van der Waals surface area contributed by atoms with Crippen molar-refractivity contribution in [2.24, 2.45) is 4.99 Å². The normalized spacial score (nSPS) is 12.2. The molecule has 6 heteroatoms. The largest absolute Gasteiger partial charge is 0.348 e. The first-order valence-electron chi connectivity index (χ1n) is 10.4. The minimum absolute atomic E-state index is 0.211. The fourth-order valence-electron chi connectivity index (χ4n) is 3.60. The molecule has 162 valence electrons. The van der Waals surface area contributed by atoms with Crippen LogP contribution < -0.4 is 5.32 Å². The molecule has 0 aliphatic carbocycles. The summed E-state index contributed by atoms with van der Waals surface area (Å²) in [6, 6.07) is 27.3. The van der Waals surface area contributed by atoms with Gasteiger partial charge < -0.3 is 5.32 Å². The summed E-state index contributed by atoms with van der Waals surface area (Å²) in [5.74, 6) is -0.513. The van der Waals surface area contributed by atoms with Gasteiger partial charge in [-0.15, -0.1) is 0 Å². The van der Waals surface area contributed by atoms with E-state index < -0.39 is 0 Å². The first-order chi connectivity index (χ1) is 16.1. The van der Waals surface area contributed by atoms with Crippen molar-refractivity contribution in [3.8, 4) is 0 Å². The second-order valence-electron chi connectivity index (χ2n) is 7.56. The second kappa shape index (κ2) is 9.22. The van der Waals surface area contributed by atoms with Crippen LogP contribution in [-0.4, -0.2) is 11.6 Å². The van der Waals surface area contributed by atoms with Crippen LogP contribution in [0.3, 0.4) is 0 Å². The molecule has 4 aromatic carbocycles. The first kappa shape index (κ1) is 21.4. The zero-order valence-corrected chi connectivity index (χ0v) is 19.0. The van der Waals surface area contributed by atoms with Crippen LogP contribution in [0.5, 0.6) is 0 Å². The Hall–Kier alpha value is -3.41. The van der Waals surface area contributed by atoms with Gasteiger partial charge in [-0.3, -0.25) is 4.79 Å². The Kier molecular flexibility index (Phi) is 5.99. The number of benzene rings is 4. The predicted octanol–water partition coefficient (Wildman–Crippen LogP) is 7.04. The van der Waals surface area contributed by atoms with Crippen LogP contribution in [0.15, 0.2) is 106 Å². The molecule has 4 aromatic rings. The number of amides is 1. The van der Waals surface area contributed by atoms with Crippen LogP contribution in [0.4, 0.5) is 10.1 Å². The summed E-state index contributed by atoms with van der Waals surface area (Å²) in [7, 11) is 0. The highest BCUT2D eigenvalue weighted by Gasteiger charge is 2.20. The topological polar surface area (TPSA) is 41.5 Å². The first-order valence-corrected chi connectivity index (χ1v) is 11.5. The Morgan fingerprint density at radius 1 is 0.909 bits per heavy atom. The number of halogens is 2. The smallest absolute Gasteiger partial charge is 0.251 e. The van der Waals surface area contributed by atoms with Crippen molar-refractivity contribution in [3.63, 3.8) is 0 Å². The Morgan fingerprint density at radius 3 is 2.45 bits per heavy atom. The van der Waals surface area contributed by atoms with Crippen LogP contribution >= 0.6 is 23.4 Å². The van der Waals surface area contributed by atoms with Crippen LogP contribution in [0, 0.1) is 5.82 Å². The highest BCUT2D eigenvalue weighted by molar-refractivity contribution is 7.99. The highest BCUT2D eigenvalue weighted by atomic mass is 35.5. The van der Waals surface area contributed by atoms with E-state index in [2.05, 4.69) is 17.4 Å². The van der Waals surface area contributed by atoms with Gasteiger partial charge in [-0.1, -0.05) is 65.8 Å². The third-order valence-electron chi connectivity index (χ3n) is 5.30. The maximum Gasteiger partial charge on any atom is 0.251 e. The molecule has 1 amide bonds. The molecule has 0 aromatic heterocycles. The van der Waals surface area contributed by atoms with E-state index in [9.17, 15) is 9.18 Å². The number of carbonyl (C=O) groups excluding carboxylic acids is 1. The second-order valence-corrected chi connectivity index (χ2v) is 9.08. The summed E-state index contributed by atoms with van der Waals surface area (Å²) in [5, 5.41) is 3.56. The van der Waals surface area contributed by atoms with E-state index in [4.69, 9.17) is 16.6 Å². The summed E-state index contributed by atoms with van der Waals surface area (Å²) in [6.07, 6.45) is 0. The van der Waals surface area contributed by atoms with E-state index in [1.54, 1.807) is 30.0 Å². The number of hydrogen-bond acceptors (Lipinski definition) is 3. The van der Waals surface area contributed by atoms with Crippen molar-refractivity contribution in [2.75, 3.05) is 0 Å². The lowest BCUT2D eigenvalue weighted by molar-refractivity contribution is 0.0951. The van der Waals surface area contributed by atoms with Crippen molar-refractivity contribution < 1.29 is 9.18 Å². The van der Waals surface area contributed by atoms with Crippen molar-refractivity contribution in [1.29, 1.82) is 0 Å². The standard InChI is InChI=1S/C27H18ClFN2OS/c28-20-10-7-18(8-11-20)26-22-3-1-2-4-24(22)33-25-14-9-19(15-23(25)31-26)27(32)30-16-17-5-12-21(29)13-6-17/h1-15H,16H2,(H,30,32). The SMILES string of the molecule is O=C(NCc1ccc(F)cc1)c1ccc2c(c1)N=C(c1ccc(Cl)cc1)c1ccccc1S2. The number of nitrogens with one attached hydrogen (secondary N) is 1. The van der Waals surface area contributed by atoms with Gasteiger partial charge in [-0.2, -0.15) is 0 Å². The Morgan fingerprint density at radius 2 is 1.67 bits per heavy atom. The minimum Gasteiger partial charge on any atom is -0.348 e. The zero-order chi connectivity index (χ0) is 22.8. The van der Waals surface area contributed by atoms with Crippen molar-refractivity contribution >= 4 is 40.7 Å². The number of rotatable bonds is 4. The van der Waals surface area contributed by atoms with Gasteiger partial charge in [0.05, 0.1) is 11.4 Å². The Labute approximate surface area is 200 Å². The van der Waals surface area contributed by atoms with Crippen LogP contribution in [-0.2, 0) is 6.54 Å². The molecule has 0 bridgehead atoms. The number of aliphatic imine (C=N–C) groups is 1. The van der Waals surface area contributed by atoms with Gasteiger partial charge in [0.1, 0.15) is 5.82 Å². The lowest BCUT2D eigenvalue weighted by atomic mass is 10.0. The van der Waals surface area contributed by atoms with Crippen molar-refractivity contribution in [1.82, 2.24) is 5.32 Å². The third kappa shape index (κ3) is 4.70. The maximum absolute atomic E-state index is 13.1. The predicted molar refractivity (Wildman–Crippen MR) is 131 cm³/mol. The summed E-state index contributed by atoms with van der Waals surface area (Å²) in [6.45, 7) is 0.315. The zero-order valence-electron chi connectivity index (χ0n) is 17.4. The molecule has 5 rings (SSSR count). The van der Waals surface area contributed by atoms with E-state index in [-0.39, 0.29) is 11.7 Å². The summed E-state index contributed by atoms with van der Waals surface area (Å²) in [4.78, 5) is 19.9. The quantitative estimate of drug-likeness (QED) is 0.304. The molecule has 1 N–H and O–H groups in total. The van der Waals surface area contributed by atoms with Gasteiger partial charge >= 0.3 is 0 Å². The molecule has 1 heterocycles. The third-order valence-corrected chi connectivity index (χ3v) is 6.69. The van der Waals surface area contributed by atoms with E-state index in [1.807, 2.05) is 48.5 Å². The molecule has 3 nitrogen and oxygen atoms in total. The minimum atomic E-state index is -0.302. The van der Waals surface area contributed by atoms with Gasteiger partial charge in [-0.25, -0.2) is 9.38 Å². The Balaban J connectivity index is 1.49. The van der Waals surface area contributed by atoms with Gasteiger partial charge in [0, 0.05) is 38.0 Å². The number of fused-ring (bicyclic) bond motifs is 2. The molecular formula is C27H18ClFN2OS. The molecule has 0 spiro atoms. The van der Waals surface area contributed by atoms with Crippen molar-refractivity contribution in [2.45, 2.75) is 16.3 Å². The number of hydrogen-bond donors (Lipinski definition) is 1. The lowest BCUT2D eigenvalue weighted by Gasteiger charge is -2.09. The number of carbonyl (C=O) groups is 1. The maximum atomic E-state index is 13.1. The summed E-state index contributed by atoms with van der Waals surface area (Å²) >= 11 is 7.72. The molecule has 0 saturated heterocycles. The van der Waals surface area contributed by atoms with E-state index in [1.165, 1.54) is 12.1 Å². The van der Waals surface area contributed by atoms with Gasteiger partial charge in [0.2, 0.25) is 0 Å². The molecule has 0 unspecified atom stereocenters. The van der Waals surface area contributed by atoms with E-state index in [0.29, 0.717) is 17.1 Å². The molecule has 0 fully saturated rings. The van der Waals surface area contributed by atoms with Gasteiger partial charge in [-0.05, 0) is 54.1 Å². The molecule has 0 radical (unpaired) electrons. The van der Waals surface area contributed by atoms with Crippen LogP contribution in [0.1, 0.15) is 27.0 Å². The summed E-state index contributed by atoms with van der Waals surface area (Å²) < 4.78 is 13.1.